The molecule has 0 aliphatic carbocycles. The van der Waals surface area contributed by atoms with Crippen LogP contribution < -0.4 is 5.32 Å². The molecule has 0 radical (unpaired) electrons. The molecule has 2 rings (SSSR count). The lowest BCUT2D eigenvalue weighted by Crippen LogP contribution is -2.13. The number of benzene rings is 1. The maximum absolute atomic E-state index is 12.6. The Labute approximate surface area is 114 Å². The van der Waals surface area contributed by atoms with Crippen LogP contribution in [0.5, 0.6) is 0 Å². The van der Waals surface area contributed by atoms with Crippen LogP contribution in [0.25, 0.3) is 11.3 Å². The van der Waals surface area contributed by atoms with Gasteiger partial charge in [0.25, 0.3) is 0 Å². The van der Waals surface area contributed by atoms with E-state index in [0.29, 0.717) is 23.8 Å². The zero-order chi connectivity index (χ0) is 14.6. The minimum atomic E-state index is -4.36. The number of nitrogens with one attached hydrogen (secondary N) is 1. The Morgan fingerprint density at radius 3 is 2.80 bits per heavy atom. The van der Waals surface area contributed by atoms with Crippen LogP contribution in [0.2, 0.25) is 0 Å². The normalized spacial score (nSPS) is 11.8. The van der Waals surface area contributed by atoms with Gasteiger partial charge >= 0.3 is 6.18 Å². The number of hydrogen-bond donors (Lipinski definition) is 1. The highest BCUT2D eigenvalue weighted by molar-refractivity contribution is 5.57. The fourth-order valence-corrected chi connectivity index (χ4v) is 1.75. The van der Waals surface area contributed by atoms with Gasteiger partial charge in [0.15, 0.2) is 5.76 Å². The standard InChI is InChI=1S/C14H15F3N2O/c1-2-6-18-9-13-19-8-12(20-13)10-4-3-5-11(7-10)14(15,16)17/h3-5,7-8,18H,2,6,9H2,1H3. The van der Waals surface area contributed by atoms with Crippen LogP contribution in [0.1, 0.15) is 24.8 Å². The third-order valence-electron chi connectivity index (χ3n) is 2.73. The molecule has 3 nitrogen and oxygen atoms in total. The van der Waals surface area contributed by atoms with E-state index in [1.165, 1.54) is 12.3 Å². The molecule has 0 bridgehead atoms. The van der Waals surface area contributed by atoms with E-state index in [1.807, 2.05) is 6.92 Å². The molecule has 1 aromatic heterocycles. The van der Waals surface area contributed by atoms with Crippen molar-refractivity contribution in [3.8, 4) is 11.3 Å². The molecule has 6 heteroatoms. The molecule has 0 spiro atoms. The Hall–Kier alpha value is -1.82. The maximum Gasteiger partial charge on any atom is 0.416 e. The summed E-state index contributed by atoms with van der Waals surface area (Å²) in [7, 11) is 0. The van der Waals surface area contributed by atoms with Crippen molar-refractivity contribution >= 4 is 0 Å². The van der Waals surface area contributed by atoms with Crippen LogP contribution in [0, 0.1) is 0 Å². The molecule has 1 N–H and O–H groups in total. The van der Waals surface area contributed by atoms with E-state index in [4.69, 9.17) is 4.42 Å². The molecule has 0 amide bonds. The Balaban J connectivity index is 2.16. The summed E-state index contributed by atoms with van der Waals surface area (Å²) in [5, 5.41) is 3.12. The maximum atomic E-state index is 12.6. The lowest BCUT2D eigenvalue weighted by Gasteiger charge is -2.07. The Morgan fingerprint density at radius 2 is 2.10 bits per heavy atom. The molecule has 1 aromatic carbocycles. The summed E-state index contributed by atoms with van der Waals surface area (Å²) in [5.74, 6) is 0.801. The largest absolute Gasteiger partial charge is 0.439 e. The van der Waals surface area contributed by atoms with Gasteiger partial charge in [-0.3, -0.25) is 0 Å². The number of nitrogens with zero attached hydrogens (tertiary/aromatic N) is 1. The van der Waals surface area contributed by atoms with Crippen LogP contribution in [0.3, 0.4) is 0 Å². The Morgan fingerprint density at radius 1 is 1.30 bits per heavy atom. The van der Waals surface area contributed by atoms with Gasteiger partial charge in [-0.25, -0.2) is 4.98 Å². The first-order valence-corrected chi connectivity index (χ1v) is 6.33. The predicted octanol–water partition coefficient (Wildman–Crippen LogP) is 3.86. The molecule has 0 atom stereocenters. The third kappa shape index (κ3) is 3.60. The van der Waals surface area contributed by atoms with E-state index in [1.54, 1.807) is 6.07 Å². The van der Waals surface area contributed by atoms with E-state index < -0.39 is 11.7 Å². The highest BCUT2D eigenvalue weighted by atomic mass is 19.4. The van der Waals surface area contributed by atoms with E-state index in [-0.39, 0.29) is 0 Å². The molecule has 20 heavy (non-hydrogen) atoms. The second kappa shape index (κ2) is 6.09. The van der Waals surface area contributed by atoms with E-state index in [2.05, 4.69) is 10.3 Å². The molecular weight excluding hydrogens is 269 g/mol. The summed E-state index contributed by atoms with van der Waals surface area (Å²) in [4.78, 5) is 4.05. The Bertz CT molecular complexity index is 564. The number of halogens is 3. The first-order chi connectivity index (χ1) is 9.50. The molecule has 2 aromatic rings. The first-order valence-electron chi connectivity index (χ1n) is 6.33. The molecule has 0 aliphatic heterocycles. The summed E-state index contributed by atoms with van der Waals surface area (Å²) in [5.41, 5.74) is -0.328. The third-order valence-corrected chi connectivity index (χ3v) is 2.73. The fraction of sp³-hybridized carbons (Fsp3) is 0.357. The van der Waals surface area contributed by atoms with Crippen molar-refractivity contribution < 1.29 is 17.6 Å². The summed E-state index contributed by atoms with van der Waals surface area (Å²) < 4.78 is 43.4. The zero-order valence-electron chi connectivity index (χ0n) is 11.0. The first kappa shape index (κ1) is 14.6. The molecule has 1 heterocycles. The average molecular weight is 284 g/mol. The Kier molecular flexibility index (Phi) is 4.44. The minimum Gasteiger partial charge on any atom is -0.439 e. The van der Waals surface area contributed by atoms with E-state index in [9.17, 15) is 13.2 Å². The van der Waals surface area contributed by atoms with Crippen LogP contribution in [-0.2, 0) is 12.7 Å². The summed E-state index contributed by atoms with van der Waals surface area (Å²) >= 11 is 0. The lowest BCUT2D eigenvalue weighted by atomic mass is 10.1. The molecule has 0 saturated carbocycles. The quantitative estimate of drug-likeness (QED) is 0.847. The van der Waals surface area contributed by atoms with Crippen molar-refractivity contribution in [1.29, 1.82) is 0 Å². The van der Waals surface area contributed by atoms with Gasteiger partial charge in [0.1, 0.15) is 0 Å². The molecule has 0 unspecified atom stereocenters. The smallest absolute Gasteiger partial charge is 0.416 e. The van der Waals surface area contributed by atoms with Crippen LogP contribution in [0.4, 0.5) is 13.2 Å². The van der Waals surface area contributed by atoms with Gasteiger partial charge in [0.2, 0.25) is 5.89 Å². The van der Waals surface area contributed by atoms with Crippen molar-refractivity contribution in [2.24, 2.45) is 0 Å². The minimum absolute atomic E-state index is 0.337. The van der Waals surface area contributed by atoms with Crippen molar-refractivity contribution in [3.05, 3.63) is 41.9 Å². The molecular formula is C14H15F3N2O. The number of aromatic nitrogens is 1. The van der Waals surface area contributed by atoms with Gasteiger partial charge < -0.3 is 9.73 Å². The molecule has 0 aliphatic rings. The number of alkyl halides is 3. The summed E-state index contributed by atoms with van der Waals surface area (Å²) in [6, 6.07) is 5.02. The van der Waals surface area contributed by atoms with Crippen molar-refractivity contribution in [3.63, 3.8) is 0 Å². The van der Waals surface area contributed by atoms with Gasteiger partial charge in [0.05, 0.1) is 18.3 Å². The van der Waals surface area contributed by atoms with Crippen LogP contribution >= 0.6 is 0 Å². The van der Waals surface area contributed by atoms with Crippen molar-refractivity contribution in [2.75, 3.05) is 6.54 Å². The molecule has 0 fully saturated rings. The fourth-order valence-electron chi connectivity index (χ4n) is 1.75. The number of rotatable bonds is 5. The number of hydrogen-bond acceptors (Lipinski definition) is 3. The van der Waals surface area contributed by atoms with Crippen molar-refractivity contribution in [1.82, 2.24) is 10.3 Å². The summed E-state index contributed by atoms with van der Waals surface area (Å²) in [6.45, 7) is 3.34. The van der Waals surface area contributed by atoms with E-state index >= 15 is 0 Å². The second-order valence-electron chi connectivity index (χ2n) is 4.37. The molecule has 108 valence electrons. The average Bonchev–Trinajstić information content (AvgIpc) is 2.87. The van der Waals surface area contributed by atoms with Crippen LogP contribution in [0.15, 0.2) is 34.9 Å². The lowest BCUT2D eigenvalue weighted by molar-refractivity contribution is -0.137. The SMILES string of the molecule is CCCNCc1ncc(-c2cccc(C(F)(F)F)c2)o1. The summed E-state index contributed by atoms with van der Waals surface area (Å²) in [6.07, 6.45) is -1.93. The van der Waals surface area contributed by atoms with Gasteiger partial charge in [0, 0.05) is 5.56 Å². The second-order valence-corrected chi connectivity index (χ2v) is 4.37. The van der Waals surface area contributed by atoms with Gasteiger partial charge in [-0.1, -0.05) is 19.1 Å². The van der Waals surface area contributed by atoms with Crippen LogP contribution in [-0.4, -0.2) is 11.5 Å². The molecule has 0 saturated heterocycles. The monoisotopic (exact) mass is 284 g/mol. The van der Waals surface area contributed by atoms with Gasteiger partial charge in [-0.05, 0) is 25.1 Å². The highest BCUT2D eigenvalue weighted by Crippen LogP contribution is 2.32. The van der Waals surface area contributed by atoms with Gasteiger partial charge in [-0.2, -0.15) is 13.2 Å². The topological polar surface area (TPSA) is 38.1 Å². The zero-order valence-corrected chi connectivity index (χ0v) is 11.0. The predicted molar refractivity (Wildman–Crippen MR) is 68.9 cm³/mol. The van der Waals surface area contributed by atoms with E-state index in [0.717, 1.165) is 25.1 Å². The van der Waals surface area contributed by atoms with Crippen molar-refractivity contribution in [2.45, 2.75) is 26.1 Å². The number of oxazole rings is 1. The van der Waals surface area contributed by atoms with Gasteiger partial charge in [-0.15, -0.1) is 0 Å². The highest BCUT2D eigenvalue weighted by Gasteiger charge is 2.30.